The van der Waals surface area contributed by atoms with Crippen LogP contribution in [0, 0.1) is 17.3 Å². The van der Waals surface area contributed by atoms with Crippen molar-refractivity contribution in [2.75, 3.05) is 50.8 Å². The van der Waals surface area contributed by atoms with Crippen molar-refractivity contribution in [3.8, 4) is 0 Å². The largest absolute Gasteiger partial charge is 0.389 e. The number of fused-ring (bicyclic) bond motifs is 1. The number of Topliss-reactive ketones (excluding diaryl/α,β-unsaturated/α-hetero) is 1. The standard InChI is InChI=1S/C25H36N2O3/c1-18(28)19-5-8-22(9-6-19)27-12-10-26(11-13-27)15-23(29)17-30-16-20-4-7-21-14-24(20)25(21,2)3/h4-6,8-9,21,23-24,29H,7,10-17H2,1-3H3/t21-,23-,24+/m1/s1. The topological polar surface area (TPSA) is 53.0 Å². The first-order chi connectivity index (χ1) is 14.3. The molecule has 0 aromatic heterocycles. The highest BCUT2D eigenvalue weighted by Gasteiger charge is 2.50. The molecule has 1 aromatic carbocycles. The lowest BCUT2D eigenvalue weighted by molar-refractivity contribution is -0.0262. The molecular weight excluding hydrogens is 376 g/mol. The van der Waals surface area contributed by atoms with Crippen LogP contribution in [0.2, 0.25) is 0 Å². The van der Waals surface area contributed by atoms with E-state index in [1.807, 2.05) is 24.3 Å². The van der Waals surface area contributed by atoms with E-state index < -0.39 is 6.10 Å². The van der Waals surface area contributed by atoms with Gasteiger partial charge in [-0.1, -0.05) is 19.9 Å². The smallest absolute Gasteiger partial charge is 0.159 e. The Bertz CT molecular complexity index is 778. The summed E-state index contributed by atoms with van der Waals surface area (Å²) in [7, 11) is 0. The van der Waals surface area contributed by atoms with Gasteiger partial charge in [0.1, 0.15) is 0 Å². The quantitative estimate of drug-likeness (QED) is 0.524. The molecule has 5 heteroatoms. The number of aliphatic hydroxyl groups is 1. The number of β-amino-alcohol motifs (C(OH)–C–C–N with tert-alkyl or cyclic N) is 1. The van der Waals surface area contributed by atoms with E-state index in [9.17, 15) is 9.90 Å². The van der Waals surface area contributed by atoms with Crippen LogP contribution in [0.15, 0.2) is 35.9 Å². The minimum atomic E-state index is -0.447. The summed E-state index contributed by atoms with van der Waals surface area (Å²) in [5.41, 5.74) is 3.78. The molecule has 1 aliphatic heterocycles. The number of ether oxygens (including phenoxy) is 1. The molecule has 5 nitrogen and oxygen atoms in total. The molecule has 3 atom stereocenters. The molecule has 0 spiro atoms. The molecule has 1 saturated carbocycles. The van der Waals surface area contributed by atoms with Gasteiger partial charge in [-0.05, 0) is 66.9 Å². The second-order valence-corrected chi connectivity index (χ2v) is 9.88. The van der Waals surface area contributed by atoms with E-state index in [1.165, 1.54) is 18.4 Å². The predicted octanol–water partition coefficient (Wildman–Crippen LogP) is 3.38. The maximum Gasteiger partial charge on any atom is 0.159 e. The van der Waals surface area contributed by atoms with Crippen LogP contribution in [0.3, 0.4) is 0 Å². The number of rotatable bonds is 8. The van der Waals surface area contributed by atoms with Crippen LogP contribution in [0.1, 0.15) is 44.0 Å². The van der Waals surface area contributed by atoms with Crippen LogP contribution in [0.4, 0.5) is 5.69 Å². The summed E-state index contributed by atoms with van der Waals surface area (Å²) in [5.74, 6) is 1.62. The van der Waals surface area contributed by atoms with Crippen molar-refractivity contribution in [2.45, 2.75) is 39.7 Å². The number of hydrogen-bond donors (Lipinski definition) is 1. The Kier molecular flexibility index (Phi) is 6.33. The van der Waals surface area contributed by atoms with Gasteiger partial charge in [0, 0.05) is 44.0 Å². The Hall–Kier alpha value is -1.69. The summed E-state index contributed by atoms with van der Waals surface area (Å²) >= 11 is 0. The molecule has 1 saturated heterocycles. The van der Waals surface area contributed by atoms with Gasteiger partial charge < -0.3 is 14.7 Å². The van der Waals surface area contributed by atoms with Crippen molar-refractivity contribution in [2.24, 2.45) is 17.3 Å². The van der Waals surface area contributed by atoms with E-state index in [-0.39, 0.29) is 5.78 Å². The molecule has 0 amide bonds. The zero-order valence-corrected chi connectivity index (χ0v) is 18.6. The number of allylic oxidation sites excluding steroid dienone is 1. The van der Waals surface area contributed by atoms with Gasteiger partial charge in [-0.25, -0.2) is 0 Å². The number of nitrogens with zero attached hydrogens (tertiary/aromatic N) is 2. The average molecular weight is 413 g/mol. The van der Waals surface area contributed by atoms with Crippen LogP contribution in [-0.4, -0.2) is 67.8 Å². The van der Waals surface area contributed by atoms with Crippen LogP contribution in [0.5, 0.6) is 0 Å². The van der Waals surface area contributed by atoms with E-state index in [2.05, 4.69) is 29.7 Å². The SMILES string of the molecule is CC(=O)c1ccc(N2CCN(C[C@@H](O)COCC3=CC[C@@H]4C[C@@H]3C4(C)C)CC2)cc1. The molecule has 2 fully saturated rings. The summed E-state index contributed by atoms with van der Waals surface area (Å²) in [5, 5.41) is 10.4. The minimum Gasteiger partial charge on any atom is -0.389 e. The van der Waals surface area contributed by atoms with E-state index in [0.717, 1.165) is 43.3 Å². The molecule has 2 bridgehead atoms. The van der Waals surface area contributed by atoms with Gasteiger partial charge in [0.05, 0.1) is 19.3 Å². The van der Waals surface area contributed by atoms with Crippen molar-refractivity contribution in [3.05, 3.63) is 41.5 Å². The molecule has 30 heavy (non-hydrogen) atoms. The highest BCUT2D eigenvalue weighted by atomic mass is 16.5. The van der Waals surface area contributed by atoms with Crippen molar-refractivity contribution < 1.29 is 14.6 Å². The first-order valence-corrected chi connectivity index (χ1v) is 11.4. The van der Waals surface area contributed by atoms with Crippen LogP contribution >= 0.6 is 0 Å². The van der Waals surface area contributed by atoms with Gasteiger partial charge in [0.15, 0.2) is 5.78 Å². The summed E-state index contributed by atoms with van der Waals surface area (Å²) < 4.78 is 5.90. The maximum atomic E-state index is 11.4. The first kappa shape index (κ1) is 21.5. The van der Waals surface area contributed by atoms with E-state index in [1.54, 1.807) is 6.92 Å². The molecule has 4 aliphatic rings. The number of benzene rings is 1. The second-order valence-electron chi connectivity index (χ2n) is 9.88. The van der Waals surface area contributed by atoms with Gasteiger partial charge in [-0.3, -0.25) is 9.69 Å². The van der Waals surface area contributed by atoms with E-state index in [4.69, 9.17) is 4.74 Å². The zero-order chi connectivity index (χ0) is 21.3. The summed E-state index contributed by atoms with van der Waals surface area (Å²) in [6.45, 7) is 11.8. The minimum absolute atomic E-state index is 0.1000. The second kappa shape index (κ2) is 8.81. The molecule has 5 rings (SSSR count). The molecule has 164 valence electrons. The van der Waals surface area contributed by atoms with Crippen molar-refractivity contribution in [3.63, 3.8) is 0 Å². The van der Waals surface area contributed by atoms with Crippen LogP contribution < -0.4 is 4.90 Å². The number of carbonyl (C=O) groups is 1. The summed E-state index contributed by atoms with van der Waals surface area (Å²) in [6, 6.07) is 7.86. The zero-order valence-electron chi connectivity index (χ0n) is 18.6. The van der Waals surface area contributed by atoms with Gasteiger partial charge in [0.2, 0.25) is 0 Å². The summed E-state index contributed by atoms with van der Waals surface area (Å²) in [4.78, 5) is 16.1. The van der Waals surface area contributed by atoms with E-state index >= 15 is 0 Å². The fourth-order valence-electron chi connectivity index (χ4n) is 5.40. The number of piperazine rings is 1. The lowest BCUT2D eigenvalue weighted by atomic mass is 9.49. The molecule has 1 heterocycles. The third kappa shape index (κ3) is 4.48. The third-order valence-electron chi connectivity index (χ3n) is 7.64. The molecular formula is C25H36N2O3. The van der Waals surface area contributed by atoms with Gasteiger partial charge >= 0.3 is 0 Å². The number of aliphatic hydroxyl groups excluding tert-OH is 1. The predicted molar refractivity (Wildman–Crippen MR) is 120 cm³/mol. The van der Waals surface area contributed by atoms with Gasteiger partial charge in [-0.2, -0.15) is 0 Å². The Morgan fingerprint density at radius 1 is 1.20 bits per heavy atom. The lowest BCUT2D eigenvalue weighted by Crippen LogP contribution is -2.49. The molecule has 1 aromatic rings. The lowest BCUT2D eigenvalue weighted by Gasteiger charge is -2.56. The van der Waals surface area contributed by atoms with Crippen LogP contribution in [0.25, 0.3) is 0 Å². The van der Waals surface area contributed by atoms with Crippen molar-refractivity contribution >= 4 is 11.5 Å². The number of hydrogen-bond acceptors (Lipinski definition) is 5. The number of ketones is 1. The normalized spacial score (nSPS) is 26.7. The Balaban J connectivity index is 1.16. The van der Waals surface area contributed by atoms with Gasteiger partial charge in [0.25, 0.3) is 0 Å². The molecule has 1 N–H and O–H groups in total. The highest BCUT2D eigenvalue weighted by molar-refractivity contribution is 5.94. The Labute approximate surface area is 180 Å². The molecule has 0 unspecified atom stereocenters. The Morgan fingerprint density at radius 3 is 2.50 bits per heavy atom. The molecule has 0 radical (unpaired) electrons. The van der Waals surface area contributed by atoms with Crippen molar-refractivity contribution in [1.82, 2.24) is 4.90 Å². The fourth-order valence-corrected chi connectivity index (χ4v) is 5.40. The maximum absolute atomic E-state index is 11.4. The fraction of sp³-hybridized carbons (Fsp3) is 0.640. The number of anilines is 1. The van der Waals surface area contributed by atoms with Gasteiger partial charge in [-0.15, -0.1) is 0 Å². The highest BCUT2D eigenvalue weighted by Crippen LogP contribution is 2.59. The number of carbonyl (C=O) groups excluding carboxylic acids is 1. The third-order valence-corrected chi connectivity index (χ3v) is 7.64. The Morgan fingerprint density at radius 2 is 1.90 bits per heavy atom. The molecule has 3 aliphatic carbocycles. The average Bonchev–Trinajstić information content (AvgIpc) is 2.74. The van der Waals surface area contributed by atoms with E-state index in [0.29, 0.717) is 31.1 Å². The van der Waals surface area contributed by atoms with Crippen LogP contribution in [-0.2, 0) is 4.74 Å². The first-order valence-electron chi connectivity index (χ1n) is 11.4. The monoisotopic (exact) mass is 412 g/mol. The van der Waals surface area contributed by atoms with Crippen molar-refractivity contribution in [1.29, 1.82) is 0 Å². The summed E-state index contributed by atoms with van der Waals surface area (Å²) in [6.07, 6.45) is 4.43.